The van der Waals surface area contributed by atoms with Crippen LogP contribution in [-0.2, 0) is 11.3 Å². The Hall–Kier alpha value is -1.47. The maximum atomic E-state index is 10.5. The molecule has 1 rings (SSSR count). The Bertz CT molecular complexity index is 378. The van der Waals surface area contributed by atoms with Gasteiger partial charge >= 0.3 is 5.97 Å². The molecule has 88 valence electrons. The van der Waals surface area contributed by atoms with E-state index >= 15 is 0 Å². The average molecular weight is 243 g/mol. The van der Waals surface area contributed by atoms with Crippen molar-refractivity contribution >= 4 is 23.2 Å². The van der Waals surface area contributed by atoms with E-state index in [1.807, 2.05) is 0 Å². The smallest absolute Gasteiger partial charge is 0.365 e. The fourth-order valence-electron chi connectivity index (χ4n) is 1.03. The van der Waals surface area contributed by atoms with E-state index in [2.05, 4.69) is 15.6 Å². The average Bonchev–Trinajstić information content (AvgIpc) is 2.65. The molecule has 6 nitrogen and oxygen atoms in total. The first-order valence-electron chi connectivity index (χ1n) is 4.72. The lowest BCUT2D eigenvalue weighted by Crippen LogP contribution is -2.29. The molecular weight excluding hydrogens is 230 g/mol. The van der Waals surface area contributed by atoms with E-state index in [4.69, 9.17) is 5.11 Å². The molecule has 0 saturated heterocycles. The first-order valence-corrected chi connectivity index (χ1v) is 5.60. The Morgan fingerprint density at radius 3 is 2.81 bits per heavy atom. The number of carbonyl (C=O) groups excluding carboxylic acids is 1. The molecule has 0 aliphatic rings. The van der Waals surface area contributed by atoms with Gasteiger partial charge in [0.15, 0.2) is 0 Å². The molecule has 3 N–H and O–H groups in total. The van der Waals surface area contributed by atoms with Gasteiger partial charge in [-0.3, -0.25) is 4.79 Å². The van der Waals surface area contributed by atoms with Gasteiger partial charge in [-0.2, -0.15) is 0 Å². The topological polar surface area (TPSA) is 91.3 Å². The number of amides is 1. The van der Waals surface area contributed by atoms with Crippen molar-refractivity contribution in [3.63, 3.8) is 0 Å². The molecule has 0 unspecified atom stereocenters. The van der Waals surface area contributed by atoms with Crippen molar-refractivity contribution in [2.75, 3.05) is 13.1 Å². The molecule has 0 radical (unpaired) electrons. The monoisotopic (exact) mass is 243 g/mol. The summed E-state index contributed by atoms with van der Waals surface area (Å²) in [6, 6.07) is 0. The first-order chi connectivity index (χ1) is 7.59. The highest BCUT2D eigenvalue weighted by atomic mass is 32.1. The molecule has 0 spiro atoms. The van der Waals surface area contributed by atoms with Crippen LogP contribution in [0, 0.1) is 0 Å². The number of carboxylic acid groups (broad SMARTS) is 1. The zero-order valence-corrected chi connectivity index (χ0v) is 9.63. The Morgan fingerprint density at radius 1 is 1.50 bits per heavy atom. The van der Waals surface area contributed by atoms with Crippen molar-refractivity contribution in [1.82, 2.24) is 15.6 Å². The third-order valence-corrected chi connectivity index (χ3v) is 2.60. The van der Waals surface area contributed by atoms with Gasteiger partial charge in [0.2, 0.25) is 10.9 Å². The summed E-state index contributed by atoms with van der Waals surface area (Å²) < 4.78 is 0. The number of aromatic carboxylic acids is 1. The van der Waals surface area contributed by atoms with Gasteiger partial charge in [-0.1, -0.05) is 0 Å². The summed E-state index contributed by atoms with van der Waals surface area (Å²) in [4.78, 5) is 25.0. The Kier molecular flexibility index (Phi) is 4.87. The summed E-state index contributed by atoms with van der Waals surface area (Å²) in [7, 11) is 0. The third kappa shape index (κ3) is 4.37. The van der Waals surface area contributed by atoms with Crippen LogP contribution in [0.25, 0.3) is 0 Å². The first kappa shape index (κ1) is 12.6. The normalized spacial score (nSPS) is 10.1. The van der Waals surface area contributed by atoms with Crippen molar-refractivity contribution in [1.29, 1.82) is 0 Å². The molecule has 0 aliphatic heterocycles. The van der Waals surface area contributed by atoms with Crippen LogP contribution in [0.2, 0.25) is 0 Å². The van der Waals surface area contributed by atoms with Gasteiger partial charge in [-0.15, -0.1) is 11.3 Å². The van der Waals surface area contributed by atoms with Crippen LogP contribution in [0.1, 0.15) is 22.4 Å². The van der Waals surface area contributed by atoms with Crippen LogP contribution >= 0.6 is 11.3 Å². The van der Waals surface area contributed by atoms with Gasteiger partial charge in [-0.25, -0.2) is 9.78 Å². The lowest BCUT2D eigenvalue weighted by molar-refractivity contribution is -0.118. The molecule has 0 bridgehead atoms. The third-order valence-electron chi connectivity index (χ3n) is 1.72. The van der Waals surface area contributed by atoms with Crippen LogP contribution in [0.3, 0.4) is 0 Å². The lowest BCUT2D eigenvalue weighted by Gasteiger charge is -2.02. The van der Waals surface area contributed by atoms with Crippen molar-refractivity contribution in [2.24, 2.45) is 0 Å². The van der Waals surface area contributed by atoms with Gasteiger partial charge in [0.1, 0.15) is 0 Å². The number of nitrogens with one attached hydrogen (secondary N) is 2. The molecule has 7 heteroatoms. The maximum Gasteiger partial charge on any atom is 0.365 e. The number of hydrogen-bond donors (Lipinski definition) is 3. The standard InChI is InChI=1S/C9H13N3O3S/c1-6(13)11-3-2-10-4-7-5-16-8(12-7)9(14)15/h5,10H,2-4H2,1H3,(H,11,13)(H,14,15). The molecule has 1 aromatic rings. The number of hydrogen-bond acceptors (Lipinski definition) is 5. The largest absolute Gasteiger partial charge is 0.476 e. The van der Waals surface area contributed by atoms with Gasteiger partial charge in [0.05, 0.1) is 5.69 Å². The van der Waals surface area contributed by atoms with Crippen LogP contribution in [0.5, 0.6) is 0 Å². The van der Waals surface area contributed by atoms with E-state index in [1.54, 1.807) is 5.38 Å². The lowest BCUT2D eigenvalue weighted by atomic mass is 10.4. The van der Waals surface area contributed by atoms with Gasteiger partial charge < -0.3 is 15.7 Å². The second kappa shape index (κ2) is 6.19. The molecule has 1 heterocycles. The van der Waals surface area contributed by atoms with Crippen LogP contribution in [0.4, 0.5) is 0 Å². The van der Waals surface area contributed by atoms with Gasteiger partial charge in [0.25, 0.3) is 0 Å². The van der Waals surface area contributed by atoms with E-state index < -0.39 is 5.97 Å². The highest BCUT2D eigenvalue weighted by Gasteiger charge is 2.07. The summed E-state index contributed by atoms with van der Waals surface area (Å²) >= 11 is 1.11. The van der Waals surface area contributed by atoms with Crippen LogP contribution in [0.15, 0.2) is 5.38 Å². The number of thiazole rings is 1. The summed E-state index contributed by atoms with van der Waals surface area (Å²) in [5, 5.41) is 16.1. The summed E-state index contributed by atoms with van der Waals surface area (Å²) in [5.41, 5.74) is 0.699. The molecule has 0 aromatic carbocycles. The van der Waals surface area contributed by atoms with E-state index in [0.717, 1.165) is 11.3 Å². The molecule has 0 atom stereocenters. The summed E-state index contributed by atoms with van der Waals surface area (Å²) in [5.74, 6) is -1.07. The maximum absolute atomic E-state index is 10.5. The van der Waals surface area contributed by atoms with Gasteiger partial charge in [0, 0.05) is 31.9 Å². The minimum absolute atomic E-state index is 0.0661. The van der Waals surface area contributed by atoms with Crippen molar-refractivity contribution in [3.8, 4) is 0 Å². The predicted molar refractivity (Wildman–Crippen MR) is 59.5 cm³/mol. The molecule has 0 saturated carbocycles. The summed E-state index contributed by atoms with van der Waals surface area (Å²) in [6.07, 6.45) is 0. The highest BCUT2D eigenvalue weighted by Crippen LogP contribution is 2.08. The second-order valence-corrected chi connectivity index (χ2v) is 3.97. The molecular formula is C9H13N3O3S. The van der Waals surface area contributed by atoms with Crippen LogP contribution in [-0.4, -0.2) is 35.1 Å². The molecule has 1 amide bonds. The Labute approximate surface area is 96.7 Å². The zero-order valence-electron chi connectivity index (χ0n) is 8.82. The highest BCUT2D eigenvalue weighted by molar-refractivity contribution is 7.11. The number of carboxylic acids is 1. The quantitative estimate of drug-likeness (QED) is 0.615. The van der Waals surface area contributed by atoms with Crippen molar-refractivity contribution in [3.05, 3.63) is 16.1 Å². The van der Waals surface area contributed by atoms with E-state index in [1.165, 1.54) is 6.92 Å². The minimum atomic E-state index is -1.01. The van der Waals surface area contributed by atoms with Crippen LogP contribution < -0.4 is 10.6 Å². The van der Waals surface area contributed by atoms with E-state index in [9.17, 15) is 9.59 Å². The molecule has 0 fully saturated rings. The van der Waals surface area contributed by atoms with E-state index in [-0.39, 0.29) is 10.9 Å². The fourth-order valence-corrected chi connectivity index (χ4v) is 1.68. The summed E-state index contributed by atoms with van der Waals surface area (Å²) in [6.45, 7) is 3.13. The minimum Gasteiger partial charge on any atom is -0.476 e. The SMILES string of the molecule is CC(=O)NCCNCc1csc(C(=O)O)n1. The number of aromatic nitrogens is 1. The number of rotatable bonds is 6. The molecule has 0 aliphatic carbocycles. The number of carbonyl (C=O) groups is 2. The predicted octanol–water partition coefficient (Wildman–Crippen LogP) is 0.0670. The van der Waals surface area contributed by atoms with E-state index in [0.29, 0.717) is 25.3 Å². The Morgan fingerprint density at radius 2 is 2.25 bits per heavy atom. The van der Waals surface area contributed by atoms with Gasteiger partial charge in [-0.05, 0) is 0 Å². The fraction of sp³-hybridized carbons (Fsp3) is 0.444. The van der Waals surface area contributed by atoms with Crippen molar-refractivity contribution < 1.29 is 14.7 Å². The van der Waals surface area contributed by atoms with Crippen molar-refractivity contribution in [2.45, 2.75) is 13.5 Å². The second-order valence-electron chi connectivity index (χ2n) is 3.11. The molecule has 16 heavy (non-hydrogen) atoms. The zero-order chi connectivity index (χ0) is 12.0. The number of nitrogens with zero attached hydrogens (tertiary/aromatic N) is 1. The Balaban J connectivity index is 2.21. The molecule has 1 aromatic heterocycles.